The molecule has 0 unspecified atom stereocenters. The molecule has 4 rings (SSSR count). The number of aryl methyl sites for hydroxylation is 2. The van der Waals surface area contributed by atoms with Crippen LogP contribution in [-0.2, 0) is 26.7 Å². The predicted octanol–water partition coefficient (Wildman–Crippen LogP) is 5.11. The minimum Gasteiger partial charge on any atom is -0.472 e. The quantitative estimate of drug-likeness (QED) is 0.451. The fourth-order valence-corrected chi connectivity index (χ4v) is 3.58. The highest BCUT2D eigenvalue weighted by molar-refractivity contribution is 6.31. The molecule has 0 aliphatic heterocycles. The number of ether oxygens (including phenoxy) is 1. The molecule has 0 saturated heterocycles. The van der Waals surface area contributed by atoms with Gasteiger partial charge in [0.2, 0.25) is 5.88 Å². The number of rotatable bonds is 7. The van der Waals surface area contributed by atoms with E-state index in [0.717, 1.165) is 34.3 Å². The first kappa shape index (κ1) is 20.4. The number of hydrogen-bond acceptors (Lipinski definition) is 4. The highest BCUT2D eigenvalue weighted by atomic mass is 35.5. The van der Waals surface area contributed by atoms with Crippen molar-refractivity contribution in [2.24, 2.45) is 7.05 Å². The standard InChI is InChI=1S/C24H25ClN4O/c1-16-8-9-23-19(10-16)11-20(12-26-13-21-14-27-29(3)17(21)2)24(28-23)30-15-18-6-4-5-7-22(18)25/h4-11,14,26H,12-13,15H2,1-3H3. The van der Waals surface area contributed by atoms with Gasteiger partial charge in [0.15, 0.2) is 0 Å². The van der Waals surface area contributed by atoms with Gasteiger partial charge < -0.3 is 10.1 Å². The van der Waals surface area contributed by atoms with Crippen molar-refractivity contribution in [1.82, 2.24) is 20.1 Å². The summed E-state index contributed by atoms with van der Waals surface area (Å²) in [5.41, 5.74) is 6.42. The summed E-state index contributed by atoms with van der Waals surface area (Å²) in [6, 6.07) is 16.1. The molecule has 0 amide bonds. The van der Waals surface area contributed by atoms with Gasteiger partial charge in [-0.1, -0.05) is 41.4 Å². The third kappa shape index (κ3) is 4.48. The smallest absolute Gasteiger partial charge is 0.218 e. The van der Waals surface area contributed by atoms with Gasteiger partial charge in [-0.25, -0.2) is 4.98 Å². The van der Waals surface area contributed by atoms with Gasteiger partial charge in [-0.2, -0.15) is 5.10 Å². The molecule has 154 valence electrons. The third-order valence-electron chi connectivity index (χ3n) is 5.30. The fourth-order valence-electron chi connectivity index (χ4n) is 3.38. The normalized spacial score (nSPS) is 11.2. The molecule has 4 aromatic rings. The lowest BCUT2D eigenvalue weighted by Crippen LogP contribution is -2.15. The van der Waals surface area contributed by atoms with Gasteiger partial charge in [-0.05, 0) is 38.1 Å². The van der Waals surface area contributed by atoms with Crippen LogP contribution in [0.3, 0.4) is 0 Å². The third-order valence-corrected chi connectivity index (χ3v) is 5.67. The summed E-state index contributed by atoms with van der Waals surface area (Å²) in [4.78, 5) is 4.79. The van der Waals surface area contributed by atoms with Crippen molar-refractivity contribution in [2.45, 2.75) is 33.5 Å². The second-order valence-corrected chi connectivity index (χ2v) is 7.92. The zero-order chi connectivity index (χ0) is 21.1. The lowest BCUT2D eigenvalue weighted by Gasteiger charge is -2.14. The number of halogens is 1. The summed E-state index contributed by atoms with van der Waals surface area (Å²) in [6.07, 6.45) is 1.90. The van der Waals surface area contributed by atoms with Crippen LogP contribution in [0.4, 0.5) is 0 Å². The predicted molar refractivity (Wildman–Crippen MR) is 121 cm³/mol. The summed E-state index contributed by atoms with van der Waals surface area (Å²) in [5, 5.41) is 9.61. The number of benzene rings is 2. The average Bonchev–Trinajstić information content (AvgIpc) is 3.05. The SMILES string of the molecule is Cc1ccc2nc(OCc3ccccc3Cl)c(CNCc3cnn(C)c3C)cc2c1. The Bertz CT molecular complexity index is 1190. The molecule has 0 bridgehead atoms. The maximum Gasteiger partial charge on any atom is 0.218 e. The van der Waals surface area contributed by atoms with Crippen LogP contribution < -0.4 is 10.1 Å². The van der Waals surface area contributed by atoms with Gasteiger partial charge in [0.05, 0.1) is 11.7 Å². The molecule has 2 heterocycles. The monoisotopic (exact) mass is 420 g/mol. The minimum absolute atomic E-state index is 0.374. The number of nitrogens with one attached hydrogen (secondary N) is 1. The lowest BCUT2D eigenvalue weighted by atomic mass is 10.1. The Morgan fingerprint density at radius 3 is 2.57 bits per heavy atom. The highest BCUT2D eigenvalue weighted by Gasteiger charge is 2.11. The number of pyridine rings is 1. The average molecular weight is 421 g/mol. The molecule has 0 spiro atoms. The molecule has 5 nitrogen and oxygen atoms in total. The Kier molecular flexibility index (Phi) is 6.02. The van der Waals surface area contributed by atoms with Crippen LogP contribution in [0.2, 0.25) is 5.02 Å². The Labute approximate surface area is 181 Å². The number of nitrogens with zero attached hydrogens (tertiary/aromatic N) is 3. The highest BCUT2D eigenvalue weighted by Crippen LogP contribution is 2.25. The Morgan fingerprint density at radius 1 is 1.00 bits per heavy atom. The first-order valence-electron chi connectivity index (χ1n) is 9.96. The van der Waals surface area contributed by atoms with Crippen molar-refractivity contribution >= 4 is 22.5 Å². The van der Waals surface area contributed by atoms with Crippen molar-refractivity contribution in [3.05, 3.63) is 87.7 Å². The van der Waals surface area contributed by atoms with E-state index in [0.29, 0.717) is 24.1 Å². The van der Waals surface area contributed by atoms with E-state index in [1.54, 1.807) is 0 Å². The maximum absolute atomic E-state index is 6.29. The first-order valence-corrected chi connectivity index (χ1v) is 10.3. The van der Waals surface area contributed by atoms with Crippen LogP contribution in [0, 0.1) is 13.8 Å². The Hall–Kier alpha value is -2.89. The van der Waals surface area contributed by atoms with E-state index in [4.69, 9.17) is 21.3 Å². The van der Waals surface area contributed by atoms with Crippen LogP contribution in [0.15, 0.2) is 54.7 Å². The van der Waals surface area contributed by atoms with Crippen LogP contribution in [0.1, 0.15) is 27.9 Å². The number of aromatic nitrogens is 3. The molecular formula is C24H25ClN4O. The van der Waals surface area contributed by atoms with Gasteiger partial charge in [0.1, 0.15) is 6.61 Å². The van der Waals surface area contributed by atoms with Crippen molar-refractivity contribution in [3.63, 3.8) is 0 Å². The van der Waals surface area contributed by atoms with E-state index in [-0.39, 0.29) is 0 Å². The van der Waals surface area contributed by atoms with Crippen LogP contribution in [0.25, 0.3) is 10.9 Å². The van der Waals surface area contributed by atoms with Gasteiger partial charge in [-0.15, -0.1) is 0 Å². The maximum atomic E-state index is 6.29. The van der Waals surface area contributed by atoms with Crippen molar-refractivity contribution < 1.29 is 4.74 Å². The summed E-state index contributed by atoms with van der Waals surface area (Å²) in [6.45, 7) is 5.91. The summed E-state index contributed by atoms with van der Waals surface area (Å²) in [7, 11) is 1.95. The second-order valence-electron chi connectivity index (χ2n) is 7.51. The van der Waals surface area contributed by atoms with E-state index in [9.17, 15) is 0 Å². The van der Waals surface area contributed by atoms with Gasteiger partial charge in [-0.3, -0.25) is 4.68 Å². The molecule has 2 aromatic carbocycles. The van der Waals surface area contributed by atoms with Crippen LogP contribution in [0.5, 0.6) is 5.88 Å². The van der Waals surface area contributed by atoms with Crippen molar-refractivity contribution in [2.75, 3.05) is 0 Å². The van der Waals surface area contributed by atoms with Crippen molar-refractivity contribution in [3.8, 4) is 5.88 Å². The number of hydrogen-bond donors (Lipinski definition) is 1. The summed E-state index contributed by atoms with van der Waals surface area (Å²) < 4.78 is 8.01. The molecule has 0 atom stereocenters. The van der Waals surface area contributed by atoms with E-state index in [1.165, 1.54) is 11.1 Å². The summed E-state index contributed by atoms with van der Waals surface area (Å²) in [5.74, 6) is 0.627. The van der Waals surface area contributed by atoms with E-state index in [1.807, 2.05) is 48.3 Å². The summed E-state index contributed by atoms with van der Waals surface area (Å²) >= 11 is 6.29. The molecule has 30 heavy (non-hydrogen) atoms. The zero-order valence-electron chi connectivity index (χ0n) is 17.4. The number of fused-ring (bicyclic) bond motifs is 1. The Morgan fingerprint density at radius 2 is 1.80 bits per heavy atom. The van der Waals surface area contributed by atoms with Crippen LogP contribution in [-0.4, -0.2) is 14.8 Å². The first-order chi connectivity index (χ1) is 14.5. The zero-order valence-corrected chi connectivity index (χ0v) is 18.2. The van der Waals surface area contributed by atoms with Gasteiger partial charge >= 0.3 is 0 Å². The second kappa shape index (κ2) is 8.86. The molecule has 0 aliphatic carbocycles. The topological polar surface area (TPSA) is 52.0 Å². The fraction of sp³-hybridized carbons (Fsp3) is 0.250. The molecular weight excluding hydrogens is 396 g/mol. The minimum atomic E-state index is 0.374. The molecule has 6 heteroatoms. The Balaban J connectivity index is 1.57. The molecule has 1 N–H and O–H groups in total. The van der Waals surface area contributed by atoms with Gasteiger partial charge in [0, 0.05) is 52.9 Å². The van der Waals surface area contributed by atoms with E-state index < -0.39 is 0 Å². The largest absolute Gasteiger partial charge is 0.472 e. The van der Waals surface area contributed by atoms with Gasteiger partial charge in [0.25, 0.3) is 0 Å². The lowest BCUT2D eigenvalue weighted by molar-refractivity contribution is 0.291. The molecule has 0 fully saturated rings. The molecule has 2 aromatic heterocycles. The van der Waals surface area contributed by atoms with Crippen LogP contribution >= 0.6 is 11.6 Å². The molecule has 0 saturated carbocycles. The van der Waals surface area contributed by atoms with E-state index >= 15 is 0 Å². The molecule has 0 radical (unpaired) electrons. The molecule has 0 aliphatic rings. The van der Waals surface area contributed by atoms with E-state index in [2.05, 4.69) is 42.5 Å². The van der Waals surface area contributed by atoms with Crippen molar-refractivity contribution in [1.29, 1.82) is 0 Å².